The molecule has 1 amide bonds. The molecular weight excluding hydrogens is 212 g/mol. The van der Waals surface area contributed by atoms with E-state index in [0.29, 0.717) is 13.1 Å². The number of hydrogen-bond acceptors (Lipinski definition) is 2. The molecule has 3 heteroatoms. The average Bonchev–Trinajstić information content (AvgIpc) is 3.09. The predicted octanol–water partition coefficient (Wildman–Crippen LogP) is 1.69. The molecule has 0 unspecified atom stereocenters. The molecule has 0 atom stereocenters. The number of benzene rings is 1. The maximum Gasteiger partial charge on any atom is 0.230 e. The van der Waals surface area contributed by atoms with Crippen molar-refractivity contribution in [2.24, 2.45) is 11.1 Å². The summed E-state index contributed by atoms with van der Waals surface area (Å²) in [6, 6.07) is 8.26. The Hall–Kier alpha value is -1.35. The Bertz CT molecular complexity index is 424. The molecule has 1 aromatic rings. The van der Waals surface area contributed by atoms with Crippen molar-refractivity contribution in [3.63, 3.8) is 0 Å². The molecule has 1 aromatic carbocycles. The van der Waals surface area contributed by atoms with Gasteiger partial charge in [0, 0.05) is 20.1 Å². The van der Waals surface area contributed by atoms with E-state index in [2.05, 4.69) is 25.1 Å². The van der Waals surface area contributed by atoms with Gasteiger partial charge in [0.1, 0.15) is 0 Å². The van der Waals surface area contributed by atoms with E-state index >= 15 is 0 Å². The smallest absolute Gasteiger partial charge is 0.230 e. The van der Waals surface area contributed by atoms with Crippen LogP contribution in [-0.4, -0.2) is 24.4 Å². The maximum atomic E-state index is 12.2. The van der Waals surface area contributed by atoms with Crippen LogP contribution in [0.15, 0.2) is 24.3 Å². The zero-order valence-electron chi connectivity index (χ0n) is 10.6. The van der Waals surface area contributed by atoms with Gasteiger partial charge >= 0.3 is 0 Å². The molecule has 92 valence electrons. The highest BCUT2D eigenvalue weighted by Gasteiger charge is 2.49. The van der Waals surface area contributed by atoms with Gasteiger partial charge in [0.25, 0.3) is 0 Å². The van der Waals surface area contributed by atoms with Crippen LogP contribution in [0, 0.1) is 12.3 Å². The van der Waals surface area contributed by atoms with Crippen molar-refractivity contribution in [3.05, 3.63) is 35.4 Å². The fourth-order valence-corrected chi connectivity index (χ4v) is 2.22. The summed E-state index contributed by atoms with van der Waals surface area (Å²) in [6.45, 7) is 3.21. The molecule has 0 aliphatic heterocycles. The summed E-state index contributed by atoms with van der Waals surface area (Å²) < 4.78 is 0. The van der Waals surface area contributed by atoms with E-state index in [0.717, 1.165) is 12.8 Å². The monoisotopic (exact) mass is 232 g/mol. The number of hydrogen-bond donors (Lipinski definition) is 1. The number of aryl methyl sites for hydroxylation is 1. The first-order chi connectivity index (χ1) is 8.07. The molecule has 1 fully saturated rings. The highest BCUT2D eigenvalue weighted by Crippen LogP contribution is 2.46. The van der Waals surface area contributed by atoms with Gasteiger partial charge in [-0.2, -0.15) is 0 Å². The van der Waals surface area contributed by atoms with Crippen LogP contribution in [0.1, 0.15) is 24.0 Å². The van der Waals surface area contributed by atoms with Gasteiger partial charge in [-0.3, -0.25) is 4.79 Å². The van der Waals surface area contributed by atoms with Gasteiger partial charge in [-0.05, 0) is 25.3 Å². The van der Waals surface area contributed by atoms with Gasteiger partial charge in [-0.25, -0.2) is 0 Å². The lowest BCUT2D eigenvalue weighted by Gasteiger charge is -2.22. The Morgan fingerprint density at radius 3 is 2.71 bits per heavy atom. The van der Waals surface area contributed by atoms with Crippen LogP contribution in [0.25, 0.3) is 0 Å². The van der Waals surface area contributed by atoms with E-state index in [1.54, 1.807) is 4.90 Å². The van der Waals surface area contributed by atoms with Crippen LogP contribution < -0.4 is 5.73 Å². The molecule has 0 spiro atoms. The minimum absolute atomic E-state index is 0.196. The van der Waals surface area contributed by atoms with E-state index in [1.807, 2.05) is 13.1 Å². The summed E-state index contributed by atoms with van der Waals surface area (Å²) in [7, 11) is 1.86. The average molecular weight is 232 g/mol. The van der Waals surface area contributed by atoms with Crippen molar-refractivity contribution >= 4 is 5.91 Å². The largest absolute Gasteiger partial charge is 0.341 e. The molecular formula is C14H20N2O. The number of rotatable bonds is 4. The third kappa shape index (κ3) is 2.50. The lowest BCUT2D eigenvalue weighted by atomic mass is 10.1. The Kier molecular flexibility index (Phi) is 3.20. The maximum absolute atomic E-state index is 12.2. The molecule has 2 rings (SSSR count). The zero-order valence-corrected chi connectivity index (χ0v) is 10.6. The first-order valence-electron chi connectivity index (χ1n) is 6.09. The first-order valence-corrected chi connectivity index (χ1v) is 6.09. The van der Waals surface area contributed by atoms with Crippen LogP contribution in [0.2, 0.25) is 0 Å². The molecule has 0 radical (unpaired) electrons. The summed E-state index contributed by atoms with van der Waals surface area (Å²) in [4.78, 5) is 14.0. The highest BCUT2D eigenvalue weighted by molar-refractivity contribution is 5.85. The van der Waals surface area contributed by atoms with Crippen LogP contribution >= 0.6 is 0 Å². The Balaban J connectivity index is 2.02. The van der Waals surface area contributed by atoms with Crippen LogP contribution in [-0.2, 0) is 11.3 Å². The van der Waals surface area contributed by atoms with E-state index in [9.17, 15) is 4.79 Å². The first kappa shape index (κ1) is 12.1. The van der Waals surface area contributed by atoms with Crippen molar-refractivity contribution in [2.45, 2.75) is 26.3 Å². The minimum atomic E-state index is -0.238. The summed E-state index contributed by atoms with van der Waals surface area (Å²) in [5.74, 6) is 0.196. The lowest BCUT2D eigenvalue weighted by molar-refractivity contribution is -0.135. The molecule has 2 N–H and O–H groups in total. The van der Waals surface area contributed by atoms with Crippen molar-refractivity contribution in [3.8, 4) is 0 Å². The Labute approximate surface area is 103 Å². The van der Waals surface area contributed by atoms with Crippen molar-refractivity contribution in [1.82, 2.24) is 4.90 Å². The number of nitrogens with zero attached hydrogens (tertiary/aromatic N) is 1. The van der Waals surface area contributed by atoms with Gasteiger partial charge in [0.2, 0.25) is 5.91 Å². The minimum Gasteiger partial charge on any atom is -0.341 e. The van der Waals surface area contributed by atoms with E-state index in [1.165, 1.54) is 11.1 Å². The highest BCUT2D eigenvalue weighted by atomic mass is 16.2. The van der Waals surface area contributed by atoms with Crippen molar-refractivity contribution < 1.29 is 4.79 Å². The van der Waals surface area contributed by atoms with Gasteiger partial charge in [0.15, 0.2) is 0 Å². The Morgan fingerprint density at radius 2 is 2.18 bits per heavy atom. The normalized spacial score (nSPS) is 16.6. The molecule has 3 nitrogen and oxygen atoms in total. The number of amides is 1. The summed E-state index contributed by atoms with van der Waals surface area (Å²) >= 11 is 0. The van der Waals surface area contributed by atoms with Gasteiger partial charge in [-0.15, -0.1) is 0 Å². The standard InChI is InChI=1S/C14H20N2O/c1-11-4-3-5-12(8-11)9-16(2)13(17)14(10-15)6-7-14/h3-5,8H,6-7,9-10,15H2,1-2H3. The lowest BCUT2D eigenvalue weighted by Crippen LogP contribution is -2.37. The summed E-state index contributed by atoms with van der Waals surface area (Å²) in [5.41, 5.74) is 7.84. The molecule has 0 bridgehead atoms. The second-order valence-corrected chi connectivity index (χ2v) is 5.13. The molecule has 1 aliphatic carbocycles. The van der Waals surface area contributed by atoms with Crippen LogP contribution in [0.3, 0.4) is 0 Å². The summed E-state index contributed by atoms with van der Waals surface area (Å²) in [6.07, 6.45) is 1.89. The Morgan fingerprint density at radius 1 is 1.47 bits per heavy atom. The molecule has 0 heterocycles. The van der Waals surface area contributed by atoms with Crippen LogP contribution in [0.5, 0.6) is 0 Å². The summed E-state index contributed by atoms with van der Waals surface area (Å²) in [5, 5.41) is 0. The van der Waals surface area contributed by atoms with Crippen molar-refractivity contribution in [2.75, 3.05) is 13.6 Å². The topological polar surface area (TPSA) is 46.3 Å². The van der Waals surface area contributed by atoms with E-state index in [4.69, 9.17) is 5.73 Å². The van der Waals surface area contributed by atoms with Gasteiger partial charge < -0.3 is 10.6 Å². The fraction of sp³-hybridized carbons (Fsp3) is 0.500. The van der Waals surface area contributed by atoms with E-state index < -0.39 is 0 Å². The van der Waals surface area contributed by atoms with Crippen molar-refractivity contribution in [1.29, 1.82) is 0 Å². The number of carbonyl (C=O) groups excluding carboxylic acids is 1. The molecule has 0 saturated heterocycles. The van der Waals surface area contributed by atoms with Crippen LogP contribution in [0.4, 0.5) is 0 Å². The quantitative estimate of drug-likeness (QED) is 0.858. The molecule has 0 aromatic heterocycles. The molecule has 1 saturated carbocycles. The predicted molar refractivity (Wildman–Crippen MR) is 68.4 cm³/mol. The molecule has 17 heavy (non-hydrogen) atoms. The van der Waals surface area contributed by atoms with E-state index in [-0.39, 0.29) is 11.3 Å². The third-order valence-corrected chi connectivity index (χ3v) is 3.55. The number of nitrogens with two attached hydrogens (primary N) is 1. The SMILES string of the molecule is Cc1cccc(CN(C)C(=O)C2(CN)CC2)c1. The zero-order chi connectivity index (χ0) is 12.5. The molecule has 1 aliphatic rings. The van der Waals surface area contributed by atoms with Gasteiger partial charge in [0.05, 0.1) is 5.41 Å². The number of carbonyl (C=O) groups is 1. The second kappa shape index (κ2) is 4.49. The fourth-order valence-electron chi connectivity index (χ4n) is 2.22. The third-order valence-electron chi connectivity index (χ3n) is 3.55. The van der Waals surface area contributed by atoms with Gasteiger partial charge in [-0.1, -0.05) is 29.8 Å². The second-order valence-electron chi connectivity index (χ2n) is 5.13.